The minimum atomic E-state index is -4.10. The molecule has 2 aromatic carbocycles. The lowest BCUT2D eigenvalue weighted by Gasteiger charge is -2.17. The Labute approximate surface area is 223 Å². The molecule has 1 heterocycles. The molecule has 0 aliphatic heterocycles. The van der Waals surface area contributed by atoms with Crippen LogP contribution in [-0.2, 0) is 16.6 Å². The lowest BCUT2D eigenvalue weighted by Crippen LogP contribution is -2.27. The summed E-state index contributed by atoms with van der Waals surface area (Å²) in [6, 6.07) is 6.14. The Bertz CT molecular complexity index is 1470. The lowest BCUT2D eigenvalue weighted by atomic mass is 9.99. The van der Waals surface area contributed by atoms with E-state index in [-0.39, 0.29) is 23.4 Å². The van der Waals surface area contributed by atoms with E-state index in [0.29, 0.717) is 3.57 Å². The monoisotopic (exact) mass is 649 g/mol. The summed E-state index contributed by atoms with van der Waals surface area (Å²) in [7, 11) is -3.01. The molecule has 0 spiro atoms. The zero-order chi connectivity index (χ0) is 27.3. The molecule has 0 bridgehead atoms. The van der Waals surface area contributed by atoms with Gasteiger partial charge in [0.05, 0.1) is 16.9 Å². The molecule has 0 unspecified atom stereocenters. The maximum atomic E-state index is 15.3. The van der Waals surface area contributed by atoms with Crippen LogP contribution in [-0.4, -0.2) is 32.9 Å². The van der Waals surface area contributed by atoms with Gasteiger partial charge in [0.15, 0.2) is 23.3 Å². The van der Waals surface area contributed by atoms with Crippen LogP contribution in [0.15, 0.2) is 49.2 Å². The molecule has 0 saturated carbocycles. The van der Waals surface area contributed by atoms with E-state index in [1.807, 2.05) is 32.0 Å². The topological polar surface area (TPSA) is 112 Å². The van der Waals surface area contributed by atoms with Gasteiger partial charge in [-0.1, -0.05) is 6.08 Å². The highest BCUT2D eigenvalue weighted by Crippen LogP contribution is 2.32. The highest BCUT2D eigenvalue weighted by molar-refractivity contribution is 14.1. The fourth-order valence-electron chi connectivity index (χ4n) is 3.17. The number of benzene rings is 2. The second-order valence-electron chi connectivity index (χ2n) is 7.45. The van der Waals surface area contributed by atoms with Gasteiger partial charge in [0.1, 0.15) is 5.82 Å². The summed E-state index contributed by atoms with van der Waals surface area (Å²) in [4.78, 5) is 16.4. The number of carbonyl (C=O) groups is 1. The average molecular weight is 649 g/mol. The number of rotatable bonds is 10. The third-order valence-corrected chi connectivity index (χ3v) is 6.64. The van der Waals surface area contributed by atoms with Crippen LogP contribution in [0.25, 0.3) is 0 Å². The molecule has 0 aliphatic rings. The second kappa shape index (κ2) is 11.9. The van der Waals surface area contributed by atoms with E-state index < -0.39 is 62.9 Å². The normalized spacial score (nSPS) is 11.2. The number of anilines is 3. The Kier molecular flexibility index (Phi) is 9.09. The first-order chi connectivity index (χ1) is 17.5. The fourth-order valence-corrected chi connectivity index (χ4v) is 4.12. The summed E-state index contributed by atoms with van der Waals surface area (Å²) in [6.45, 7) is 3.47. The van der Waals surface area contributed by atoms with E-state index in [9.17, 15) is 22.0 Å². The maximum absolute atomic E-state index is 15.3. The lowest BCUT2D eigenvalue weighted by molar-refractivity contribution is 0.0958. The molecular formula is C23H20F4IN5O3S. The van der Waals surface area contributed by atoms with Gasteiger partial charge in [0.2, 0.25) is 0 Å². The van der Waals surface area contributed by atoms with Crippen molar-refractivity contribution >= 4 is 55.9 Å². The molecule has 0 aliphatic carbocycles. The summed E-state index contributed by atoms with van der Waals surface area (Å²) in [6.07, 6.45) is 1.88. The smallest absolute Gasteiger partial charge is 0.300 e. The van der Waals surface area contributed by atoms with Gasteiger partial charge in [-0.15, -0.1) is 6.58 Å². The molecular weight excluding hydrogens is 629 g/mol. The third kappa shape index (κ3) is 6.75. The molecule has 0 atom stereocenters. The average Bonchev–Trinajstić information content (AvgIpc) is 2.85. The Morgan fingerprint density at radius 2 is 1.81 bits per heavy atom. The molecule has 4 N–H and O–H groups in total. The number of amides is 1. The van der Waals surface area contributed by atoms with Gasteiger partial charge in [-0.25, -0.2) is 27.3 Å². The minimum absolute atomic E-state index is 0.00154. The zero-order valence-corrected chi connectivity index (χ0v) is 22.1. The Hall–Kier alpha value is -3.24. The number of carbonyl (C=O) groups excluding carboxylic acids is 1. The number of aromatic nitrogens is 1. The van der Waals surface area contributed by atoms with Crippen LogP contribution in [0.4, 0.5) is 34.8 Å². The van der Waals surface area contributed by atoms with E-state index in [4.69, 9.17) is 0 Å². The van der Waals surface area contributed by atoms with Crippen LogP contribution in [0.3, 0.4) is 0 Å². The zero-order valence-electron chi connectivity index (χ0n) is 19.1. The van der Waals surface area contributed by atoms with Crippen LogP contribution in [0.1, 0.15) is 21.5 Å². The third-order valence-electron chi connectivity index (χ3n) is 4.97. The predicted octanol–water partition coefficient (Wildman–Crippen LogP) is 4.37. The van der Waals surface area contributed by atoms with Crippen molar-refractivity contribution in [3.8, 4) is 0 Å². The first kappa shape index (κ1) is 28.3. The van der Waals surface area contributed by atoms with Crippen molar-refractivity contribution < 1.29 is 30.8 Å². The maximum Gasteiger partial charge on any atom is 0.300 e. The number of nitrogens with zero attached hydrogens (tertiary/aromatic N) is 1. The highest BCUT2D eigenvalue weighted by Gasteiger charge is 2.25. The quantitative estimate of drug-likeness (QED) is 0.148. The molecule has 3 rings (SSSR count). The van der Waals surface area contributed by atoms with Crippen molar-refractivity contribution in [2.45, 2.75) is 6.42 Å². The van der Waals surface area contributed by atoms with E-state index >= 15 is 8.78 Å². The van der Waals surface area contributed by atoms with Crippen molar-refractivity contribution in [3.05, 3.63) is 92.7 Å². The number of hydrogen-bond acceptors (Lipinski definition) is 5. The molecule has 14 heteroatoms. The van der Waals surface area contributed by atoms with Crippen molar-refractivity contribution in [2.75, 3.05) is 23.6 Å². The van der Waals surface area contributed by atoms with Gasteiger partial charge in [-0.3, -0.25) is 9.52 Å². The largest absolute Gasteiger partial charge is 0.350 e. The van der Waals surface area contributed by atoms with E-state index in [1.54, 1.807) is 0 Å². The number of pyridine rings is 1. The van der Waals surface area contributed by atoms with E-state index in [0.717, 1.165) is 31.4 Å². The SMILES string of the molecule is C=CCNC(=O)c1cc(Cc2ccnc(NS(=O)(=O)NC)c2F)c(F)c(F)c1Nc1ccc(I)cc1F. The molecule has 196 valence electrons. The van der Waals surface area contributed by atoms with Crippen molar-refractivity contribution in [1.29, 1.82) is 0 Å². The second-order valence-corrected chi connectivity index (χ2v) is 10.3. The van der Waals surface area contributed by atoms with Gasteiger partial charge in [-0.05, 0) is 64.0 Å². The van der Waals surface area contributed by atoms with Crippen LogP contribution in [0, 0.1) is 26.8 Å². The molecule has 0 radical (unpaired) electrons. The Morgan fingerprint density at radius 3 is 2.46 bits per heavy atom. The first-order valence-electron chi connectivity index (χ1n) is 10.4. The summed E-state index contributed by atoms with van der Waals surface area (Å²) in [5.41, 5.74) is -1.85. The van der Waals surface area contributed by atoms with Gasteiger partial charge in [0.25, 0.3) is 16.1 Å². The van der Waals surface area contributed by atoms with Gasteiger partial charge in [0, 0.05) is 29.8 Å². The summed E-state index contributed by atoms with van der Waals surface area (Å²) in [5, 5.41) is 4.87. The van der Waals surface area contributed by atoms with Crippen LogP contribution in [0.5, 0.6) is 0 Å². The van der Waals surface area contributed by atoms with Crippen molar-refractivity contribution in [3.63, 3.8) is 0 Å². The van der Waals surface area contributed by atoms with Crippen molar-refractivity contribution in [1.82, 2.24) is 15.0 Å². The van der Waals surface area contributed by atoms with Crippen LogP contribution >= 0.6 is 22.6 Å². The van der Waals surface area contributed by atoms with Crippen LogP contribution < -0.4 is 20.1 Å². The molecule has 37 heavy (non-hydrogen) atoms. The Balaban J connectivity index is 2.09. The first-order valence-corrected chi connectivity index (χ1v) is 13.0. The van der Waals surface area contributed by atoms with Crippen molar-refractivity contribution in [2.24, 2.45) is 0 Å². The van der Waals surface area contributed by atoms with E-state index in [2.05, 4.69) is 22.2 Å². The summed E-state index contributed by atoms with van der Waals surface area (Å²) < 4.78 is 87.5. The molecule has 1 aromatic heterocycles. The molecule has 0 fully saturated rings. The van der Waals surface area contributed by atoms with Gasteiger partial charge in [-0.2, -0.15) is 8.42 Å². The van der Waals surface area contributed by atoms with E-state index in [1.165, 1.54) is 18.2 Å². The fraction of sp³-hybridized carbons (Fsp3) is 0.130. The predicted molar refractivity (Wildman–Crippen MR) is 140 cm³/mol. The highest BCUT2D eigenvalue weighted by atomic mass is 127. The standard InChI is InChI=1S/C23H20F4IN5O3S/c1-3-7-31-23(34)15-10-13(9-12-6-8-30-22(19(12)26)33-37(35,36)29-2)18(25)20(27)21(15)32-17-5-4-14(28)11-16(17)24/h3-6,8,10-11,29,32H,1,7,9H2,2H3,(H,30,33)(H,31,34). The number of hydrogen-bond donors (Lipinski definition) is 4. The van der Waals surface area contributed by atoms with Gasteiger partial charge >= 0.3 is 0 Å². The van der Waals surface area contributed by atoms with Crippen LogP contribution in [0.2, 0.25) is 0 Å². The summed E-state index contributed by atoms with van der Waals surface area (Å²) >= 11 is 1.87. The minimum Gasteiger partial charge on any atom is -0.350 e. The number of halogens is 5. The summed E-state index contributed by atoms with van der Waals surface area (Å²) in [5.74, 6) is -6.28. The van der Waals surface area contributed by atoms with Gasteiger partial charge < -0.3 is 10.6 Å². The molecule has 0 saturated heterocycles. The number of nitrogens with one attached hydrogen (secondary N) is 4. The molecule has 3 aromatic rings. The Morgan fingerprint density at radius 1 is 1.08 bits per heavy atom. The molecule has 1 amide bonds. The molecule has 8 nitrogen and oxygen atoms in total.